The van der Waals surface area contributed by atoms with Crippen LogP contribution < -0.4 is 0 Å². The number of carbonyl (C=O) groups is 1. The summed E-state index contributed by atoms with van der Waals surface area (Å²) in [6, 6.07) is 4.89. The van der Waals surface area contributed by atoms with Crippen molar-refractivity contribution in [3.05, 3.63) is 41.2 Å². The van der Waals surface area contributed by atoms with Crippen LogP contribution in [0, 0.1) is 17.7 Å². The molecule has 4 heteroatoms. The van der Waals surface area contributed by atoms with E-state index in [1.165, 1.54) is 12.1 Å². The largest absolute Gasteiger partial charge is 0.478 e. The van der Waals surface area contributed by atoms with Crippen LogP contribution >= 0.6 is 0 Å². The summed E-state index contributed by atoms with van der Waals surface area (Å²) in [7, 11) is 0. The van der Waals surface area contributed by atoms with Crippen molar-refractivity contribution in [1.29, 1.82) is 0 Å². The maximum Gasteiger partial charge on any atom is 0.328 e. The average molecular weight is 277 g/mol. The number of hydrogen-bond acceptors (Lipinski definition) is 2. The molecule has 0 saturated carbocycles. The van der Waals surface area contributed by atoms with Gasteiger partial charge in [-0.15, -0.1) is 0 Å². The first-order valence-corrected chi connectivity index (χ1v) is 6.87. The monoisotopic (exact) mass is 277 g/mol. The molecule has 1 saturated heterocycles. The molecule has 1 heterocycles. The standard InChI is InChI=1S/C16H20FNO2/c1-11-8-18(9-12(11)2)10-13-3-5-15(17)14(7-13)4-6-16(19)20/h3-7,11-12H,8-10H2,1-2H3,(H,19,20). The van der Waals surface area contributed by atoms with E-state index in [1.807, 2.05) is 0 Å². The van der Waals surface area contributed by atoms with Crippen molar-refractivity contribution in [2.24, 2.45) is 11.8 Å². The minimum Gasteiger partial charge on any atom is -0.478 e. The Morgan fingerprint density at radius 2 is 2.05 bits per heavy atom. The molecule has 20 heavy (non-hydrogen) atoms. The molecule has 0 bridgehead atoms. The van der Waals surface area contributed by atoms with Crippen LogP contribution in [0.2, 0.25) is 0 Å². The molecule has 1 aliphatic heterocycles. The molecule has 1 aromatic carbocycles. The third-order valence-corrected chi connectivity index (χ3v) is 3.94. The Kier molecular flexibility index (Phi) is 4.55. The molecular weight excluding hydrogens is 257 g/mol. The Labute approximate surface area is 118 Å². The molecule has 2 atom stereocenters. The van der Waals surface area contributed by atoms with Crippen LogP contribution in [-0.4, -0.2) is 29.1 Å². The van der Waals surface area contributed by atoms with Gasteiger partial charge in [0, 0.05) is 31.3 Å². The SMILES string of the molecule is CC1CN(Cc2ccc(F)c(C=CC(=O)O)c2)CC1C. The molecule has 108 valence electrons. The molecule has 2 unspecified atom stereocenters. The normalized spacial score (nSPS) is 23.6. The molecule has 0 spiro atoms. The summed E-state index contributed by atoms with van der Waals surface area (Å²) in [4.78, 5) is 12.9. The fourth-order valence-corrected chi connectivity index (χ4v) is 2.62. The number of benzene rings is 1. The van der Waals surface area contributed by atoms with E-state index in [0.29, 0.717) is 17.4 Å². The molecule has 1 aromatic rings. The highest BCUT2D eigenvalue weighted by Crippen LogP contribution is 2.24. The summed E-state index contributed by atoms with van der Waals surface area (Å²) < 4.78 is 13.6. The van der Waals surface area contributed by atoms with Crippen molar-refractivity contribution in [3.8, 4) is 0 Å². The van der Waals surface area contributed by atoms with E-state index in [-0.39, 0.29) is 0 Å². The van der Waals surface area contributed by atoms with Gasteiger partial charge in [0.05, 0.1) is 0 Å². The average Bonchev–Trinajstić information content (AvgIpc) is 2.69. The van der Waals surface area contributed by atoms with Gasteiger partial charge in [-0.1, -0.05) is 19.9 Å². The minimum atomic E-state index is -1.07. The van der Waals surface area contributed by atoms with Gasteiger partial charge in [0.1, 0.15) is 5.82 Å². The Balaban J connectivity index is 2.09. The van der Waals surface area contributed by atoms with Gasteiger partial charge in [0.2, 0.25) is 0 Å². The Morgan fingerprint density at radius 3 is 2.65 bits per heavy atom. The van der Waals surface area contributed by atoms with Crippen LogP contribution in [0.25, 0.3) is 6.08 Å². The zero-order chi connectivity index (χ0) is 14.7. The molecule has 1 aliphatic rings. The van der Waals surface area contributed by atoms with Crippen molar-refractivity contribution in [1.82, 2.24) is 4.90 Å². The van der Waals surface area contributed by atoms with Crippen molar-refractivity contribution < 1.29 is 14.3 Å². The van der Waals surface area contributed by atoms with Gasteiger partial charge in [0.25, 0.3) is 0 Å². The third-order valence-electron chi connectivity index (χ3n) is 3.94. The van der Waals surface area contributed by atoms with Crippen LogP contribution in [0.1, 0.15) is 25.0 Å². The predicted molar refractivity (Wildman–Crippen MR) is 76.7 cm³/mol. The maximum absolute atomic E-state index is 13.6. The summed E-state index contributed by atoms with van der Waals surface area (Å²) in [6.45, 7) is 7.38. The second kappa shape index (κ2) is 6.18. The highest BCUT2D eigenvalue weighted by molar-refractivity contribution is 5.85. The number of hydrogen-bond donors (Lipinski definition) is 1. The zero-order valence-corrected chi connectivity index (χ0v) is 11.8. The molecule has 2 rings (SSSR count). The quantitative estimate of drug-likeness (QED) is 0.860. The molecule has 1 N–H and O–H groups in total. The number of halogens is 1. The molecule has 0 amide bonds. The van der Waals surface area contributed by atoms with Crippen LogP contribution in [0.3, 0.4) is 0 Å². The van der Waals surface area contributed by atoms with Crippen LogP contribution in [0.15, 0.2) is 24.3 Å². The smallest absolute Gasteiger partial charge is 0.328 e. The molecular formula is C16H20FNO2. The van der Waals surface area contributed by atoms with Crippen molar-refractivity contribution in [3.63, 3.8) is 0 Å². The van der Waals surface area contributed by atoms with Gasteiger partial charge in [0.15, 0.2) is 0 Å². The second-order valence-electron chi connectivity index (χ2n) is 5.68. The van der Waals surface area contributed by atoms with Crippen molar-refractivity contribution in [2.75, 3.05) is 13.1 Å². The summed E-state index contributed by atoms with van der Waals surface area (Å²) in [6.07, 6.45) is 2.26. The van der Waals surface area contributed by atoms with Gasteiger partial charge in [-0.2, -0.15) is 0 Å². The van der Waals surface area contributed by atoms with Gasteiger partial charge in [-0.3, -0.25) is 4.90 Å². The third kappa shape index (κ3) is 3.67. The van der Waals surface area contributed by atoms with Gasteiger partial charge in [-0.25, -0.2) is 9.18 Å². The first-order valence-electron chi connectivity index (χ1n) is 6.87. The number of carboxylic acid groups (broad SMARTS) is 1. The van der Waals surface area contributed by atoms with Gasteiger partial charge in [-0.05, 0) is 35.6 Å². The van der Waals surface area contributed by atoms with E-state index in [1.54, 1.807) is 12.1 Å². The maximum atomic E-state index is 13.6. The lowest BCUT2D eigenvalue weighted by Gasteiger charge is -2.15. The van der Waals surface area contributed by atoms with E-state index in [4.69, 9.17) is 5.11 Å². The first kappa shape index (κ1) is 14.7. The summed E-state index contributed by atoms with van der Waals surface area (Å²) >= 11 is 0. The number of nitrogens with zero attached hydrogens (tertiary/aromatic N) is 1. The predicted octanol–water partition coefficient (Wildman–Crippen LogP) is 3.01. The first-order chi connectivity index (χ1) is 9.45. The molecule has 3 nitrogen and oxygen atoms in total. The molecule has 0 radical (unpaired) electrons. The van der Waals surface area contributed by atoms with E-state index < -0.39 is 11.8 Å². The Hall–Kier alpha value is -1.68. The summed E-state index contributed by atoms with van der Waals surface area (Å²) in [5.41, 5.74) is 1.34. The van der Waals surface area contributed by atoms with Crippen LogP contribution in [0.5, 0.6) is 0 Å². The Morgan fingerprint density at radius 1 is 1.40 bits per heavy atom. The number of rotatable bonds is 4. The summed E-state index contributed by atoms with van der Waals surface area (Å²) in [5, 5.41) is 8.61. The number of likely N-dealkylation sites (tertiary alicyclic amines) is 1. The number of carboxylic acids is 1. The highest BCUT2D eigenvalue weighted by Gasteiger charge is 2.25. The molecule has 0 aliphatic carbocycles. The van der Waals surface area contributed by atoms with Gasteiger partial charge < -0.3 is 5.11 Å². The molecule has 1 fully saturated rings. The lowest BCUT2D eigenvalue weighted by atomic mass is 10.0. The lowest BCUT2D eigenvalue weighted by Crippen LogP contribution is -2.20. The lowest BCUT2D eigenvalue weighted by molar-refractivity contribution is -0.131. The van der Waals surface area contributed by atoms with Crippen LogP contribution in [-0.2, 0) is 11.3 Å². The van der Waals surface area contributed by atoms with E-state index in [9.17, 15) is 9.18 Å². The topological polar surface area (TPSA) is 40.5 Å². The van der Waals surface area contributed by atoms with Crippen molar-refractivity contribution >= 4 is 12.0 Å². The minimum absolute atomic E-state index is 0.324. The second-order valence-corrected chi connectivity index (χ2v) is 5.68. The van der Waals surface area contributed by atoms with Crippen LogP contribution in [0.4, 0.5) is 4.39 Å². The van der Waals surface area contributed by atoms with E-state index in [0.717, 1.165) is 31.3 Å². The fourth-order valence-electron chi connectivity index (χ4n) is 2.62. The van der Waals surface area contributed by atoms with E-state index in [2.05, 4.69) is 18.7 Å². The van der Waals surface area contributed by atoms with Crippen molar-refractivity contribution in [2.45, 2.75) is 20.4 Å². The highest BCUT2D eigenvalue weighted by atomic mass is 19.1. The fraction of sp³-hybridized carbons (Fsp3) is 0.438. The Bertz CT molecular complexity index is 517. The number of aliphatic carboxylic acids is 1. The zero-order valence-electron chi connectivity index (χ0n) is 11.8. The van der Waals surface area contributed by atoms with Gasteiger partial charge >= 0.3 is 5.97 Å². The summed E-state index contributed by atoms with van der Waals surface area (Å²) in [5.74, 6) is -0.102. The van der Waals surface area contributed by atoms with E-state index >= 15 is 0 Å². The molecule has 0 aromatic heterocycles.